The number of aromatic amines is 1. The molecule has 0 fully saturated rings. The number of hydrogen-bond acceptors (Lipinski definition) is 5. The standard InChI is InChI=1S/C8H4N4OS/c13-7-6-5(9-3-10-7)4-1-2-11-12-8(4)14-6/h1-3H,(H,9,10,13). The Morgan fingerprint density at radius 1 is 1.43 bits per heavy atom. The minimum Gasteiger partial charge on any atom is -0.312 e. The molecule has 3 aromatic heterocycles. The first-order valence-electron chi connectivity index (χ1n) is 3.94. The Morgan fingerprint density at radius 2 is 2.36 bits per heavy atom. The molecular formula is C8H4N4OS. The summed E-state index contributed by atoms with van der Waals surface area (Å²) < 4.78 is 0.600. The monoisotopic (exact) mass is 204 g/mol. The van der Waals surface area contributed by atoms with Crippen LogP contribution in [0.5, 0.6) is 0 Å². The van der Waals surface area contributed by atoms with Gasteiger partial charge in [-0.05, 0) is 6.07 Å². The van der Waals surface area contributed by atoms with Crippen molar-refractivity contribution >= 4 is 31.8 Å². The highest BCUT2D eigenvalue weighted by Crippen LogP contribution is 2.26. The lowest BCUT2D eigenvalue weighted by Gasteiger charge is -1.86. The fourth-order valence-electron chi connectivity index (χ4n) is 1.34. The number of nitrogens with zero attached hydrogens (tertiary/aromatic N) is 3. The fourth-order valence-corrected chi connectivity index (χ4v) is 2.31. The van der Waals surface area contributed by atoms with Gasteiger partial charge in [0.1, 0.15) is 9.53 Å². The zero-order chi connectivity index (χ0) is 9.54. The van der Waals surface area contributed by atoms with Crippen molar-refractivity contribution in [3.63, 3.8) is 0 Å². The molecule has 14 heavy (non-hydrogen) atoms. The van der Waals surface area contributed by atoms with Crippen LogP contribution in [-0.4, -0.2) is 20.2 Å². The quantitative estimate of drug-likeness (QED) is 0.591. The van der Waals surface area contributed by atoms with Gasteiger partial charge in [0.05, 0.1) is 18.0 Å². The minimum atomic E-state index is -0.127. The highest BCUT2D eigenvalue weighted by atomic mass is 32.1. The lowest BCUT2D eigenvalue weighted by atomic mass is 10.3. The molecular weight excluding hydrogens is 200 g/mol. The SMILES string of the molecule is O=c1[nH]cnc2c1sc1nnccc12. The Bertz CT molecular complexity index is 671. The third-order valence-electron chi connectivity index (χ3n) is 1.95. The van der Waals surface area contributed by atoms with Crippen molar-refractivity contribution in [2.24, 2.45) is 0 Å². The molecule has 5 nitrogen and oxygen atoms in total. The van der Waals surface area contributed by atoms with Crippen LogP contribution in [0.2, 0.25) is 0 Å². The summed E-state index contributed by atoms with van der Waals surface area (Å²) in [4.78, 5) is 18.8. The number of rotatable bonds is 0. The molecule has 0 aliphatic rings. The van der Waals surface area contributed by atoms with Crippen LogP contribution in [0.4, 0.5) is 0 Å². The third-order valence-corrected chi connectivity index (χ3v) is 3.03. The van der Waals surface area contributed by atoms with Gasteiger partial charge in [-0.3, -0.25) is 4.79 Å². The summed E-state index contributed by atoms with van der Waals surface area (Å²) in [6, 6.07) is 1.81. The van der Waals surface area contributed by atoms with E-state index in [0.29, 0.717) is 10.2 Å². The zero-order valence-electron chi connectivity index (χ0n) is 6.89. The Hall–Kier alpha value is -1.82. The van der Waals surface area contributed by atoms with E-state index in [4.69, 9.17) is 0 Å². The average molecular weight is 204 g/mol. The summed E-state index contributed by atoms with van der Waals surface area (Å²) >= 11 is 1.31. The van der Waals surface area contributed by atoms with Crippen molar-refractivity contribution in [3.05, 3.63) is 28.9 Å². The van der Waals surface area contributed by atoms with E-state index < -0.39 is 0 Å². The molecule has 0 aromatic carbocycles. The topological polar surface area (TPSA) is 71.5 Å². The summed E-state index contributed by atoms with van der Waals surface area (Å²) in [5, 5.41) is 8.57. The highest BCUT2D eigenvalue weighted by Gasteiger charge is 2.08. The van der Waals surface area contributed by atoms with Gasteiger partial charge in [0.15, 0.2) is 0 Å². The van der Waals surface area contributed by atoms with Gasteiger partial charge in [-0.2, -0.15) is 5.10 Å². The van der Waals surface area contributed by atoms with Gasteiger partial charge in [-0.1, -0.05) is 0 Å². The average Bonchev–Trinajstić information content (AvgIpc) is 2.59. The van der Waals surface area contributed by atoms with Gasteiger partial charge in [-0.15, -0.1) is 16.4 Å². The van der Waals surface area contributed by atoms with Crippen LogP contribution < -0.4 is 5.56 Å². The molecule has 0 saturated heterocycles. The van der Waals surface area contributed by atoms with E-state index >= 15 is 0 Å². The van der Waals surface area contributed by atoms with E-state index in [9.17, 15) is 4.79 Å². The molecule has 0 unspecified atom stereocenters. The van der Waals surface area contributed by atoms with Gasteiger partial charge in [0.25, 0.3) is 5.56 Å². The lowest BCUT2D eigenvalue weighted by Crippen LogP contribution is -2.03. The first-order valence-corrected chi connectivity index (χ1v) is 4.75. The first-order chi connectivity index (χ1) is 6.86. The Kier molecular flexibility index (Phi) is 1.40. The molecule has 0 aliphatic heterocycles. The van der Waals surface area contributed by atoms with E-state index in [-0.39, 0.29) is 5.56 Å². The Labute approximate surface area is 81.4 Å². The van der Waals surface area contributed by atoms with Crippen molar-refractivity contribution in [1.82, 2.24) is 20.2 Å². The zero-order valence-corrected chi connectivity index (χ0v) is 7.71. The van der Waals surface area contributed by atoms with Crippen LogP contribution in [-0.2, 0) is 0 Å². The normalized spacial score (nSPS) is 11.1. The second kappa shape index (κ2) is 2.58. The molecule has 3 aromatic rings. The van der Waals surface area contributed by atoms with Crippen LogP contribution >= 0.6 is 11.3 Å². The molecule has 0 amide bonds. The molecule has 3 heterocycles. The van der Waals surface area contributed by atoms with Crippen molar-refractivity contribution in [3.8, 4) is 0 Å². The highest BCUT2D eigenvalue weighted by molar-refractivity contribution is 7.25. The van der Waals surface area contributed by atoms with E-state index in [1.165, 1.54) is 17.7 Å². The van der Waals surface area contributed by atoms with E-state index in [2.05, 4.69) is 20.2 Å². The number of thiophene rings is 1. The maximum Gasteiger partial charge on any atom is 0.268 e. The van der Waals surface area contributed by atoms with Crippen molar-refractivity contribution in [1.29, 1.82) is 0 Å². The summed E-state index contributed by atoms with van der Waals surface area (Å²) in [7, 11) is 0. The predicted octanol–water partition coefficient (Wildman–Crippen LogP) is 0.928. The maximum atomic E-state index is 11.4. The number of hydrogen-bond donors (Lipinski definition) is 1. The number of H-pyrrole nitrogens is 1. The van der Waals surface area contributed by atoms with Gasteiger partial charge in [0.2, 0.25) is 0 Å². The number of aromatic nitrogens is 4. The molecule has 68 valence electrons. The fraction of sp³-hybridized carbons (Fsp3) is 0. The van der Waals surface area contributed by atoms with Crippen LogP contribution in [0, 0.1) is 0 Å². The third kappa shape index (κ3) is 0.882. The molecule has 0 saturated carbocycles. The molecule has 0 aliphatic carbocycles. The molecule has 0 radical (unpaired) electrons. The summed E-state index contributed by atoms with van der Waals surface area (Å²) in [5.41, 5.74) is 0.571. The van der Waals surface area contributed by atoms with Crippen LogP contribution in [0.15, 0.2) is 23.4 Å². The van der Waals surface area contributed by atoms with E-state index in [0.717, 1.165) is 10.2 Å². The number of nitrogens with one attached hydrogen (secondary N) is 1. The maximum absolute atomic E-state index is 11.4. The van der Waals surface area contributed by atoms with Crippen molar-refractivity contribution in [2.75, 3.05) is 0 Å². The first kappa shape index (κ1) is 7.57. The molecule has 0 spiro atoms. The van der Waals surface area contributed by atoms with Crippen LogP contribution in [0.1, 0.15) is 0 Å². The largest absolute Gasteiger partial charge is 0.312 e. The molecule has 0 bridgehead atoms. The van der Waals surface area contributed by atoms with Crippen LogP contribution in [0.3, 0.4) is 0 Å². The van der Waals surface area contributed by atoms with Gasteiger partial charge < -0.3 is 4.98 Å². The molecule has 3 rings (SSSR count). The van der Waals surface area contributed by atoms with Crippen molar-refractivity contribution < 1.29 is 0 Å². The summed E-state index contributed by atoms with van der Waals surface area (Å²) in [6.07, 6.45) is 2.99. The predicted molar refractivity (Wildman–Crippen MR) is 53.3 cm³/mol. The Morgan fingerprint density at radius 3 is 3.29 bits per heavy atom. The summed E-state index contributed by atoms with van der Waals surface area (Å²) in [6.45, 7) is 0. The van der Waals surface area contributed by atoms with Crippen LogP contribution in [0.25, 0.3) is 20.4 Å². The minimum absolute atomic E-state index is 0.127. The molecule has 1 N–H and O–H groups in total. The van der Waals surface area contributed by atoms with E-state index in [1.807, 2.05) is 6.07 Å². The number of fused-ring (bicyclic) bond motifs is 3. The molecule has 0 atom stereocenters. The lowest BCUT2D eigenvalue weighted by molar-refractivity contribution is 1.09. The molecule has 6 heteroatoms. The second-order valence-electron chi connectivity index (χ2n) is 2.76. The Balaban J connectivity index is 2.70. The second-order valence-corrected chi connectivity index (χ2v) is 3.76. The van der Waals surface area contributed by atoms with E-state index in [1.54, 1.807) is 6.20 Å². The van der Waals surface area contributed by atoms with Crippen molar-refractivity contribution in [2.45, 2.75) is 0 Å². The van der Waals surface area contributed by atoms with Gasteiger partial charge >= 0.3 is 0 Å². The van der Waals surface area contributed by atoms with Gasteiger partial charge in [-0.25, -0.2) is 4.98 Å². The smallest absolute Gasteiger partial charge is 0.268 e. The van der Waals surface area contributed by atoms with Gasteiger partial charge in [0, 0.05) is 5.39 Å². The summed E-state index contributed by atoms with van der Waals surface area (Å²) in [5.74, 6) is 0.